The highest BCUT2D eigenvalue weighted by Gasteiger charge is 2.31. The van der Waals surface area contributed by atoms with E-state index in [-0.39, 0.29) is 6.54 Å². The summed E-state index contributed by atoms with van der Waals surface area (Å²) in [4.78, 5) is 0. The number of nitrogens with two attached hydrogens (primary N) is 1. The Kier molecular flexibility index (Phi) is 4.07. The van der Waals surface area contributed by atoms with Crippen molar-refractivity contribution in [3.8, 4) is 0 Å². The minimum Gasteiger partial charge on any atom is -0.383 e. The normalized spacial score (nSPS) is 15.3. The number of rotatable bonds is 5. The second-order valence-electron chi connectivity index (χ2n) is 3.46. The first-order valence-corrected chi connectivity index (χ1v) is 5.00. The summed E-state index contributed by atoms with van der Waals surface area (Å²) in [5.41, 5.74) is 4.00. The Bertz CT molecular complexity index is 327. The van der Waals surface area contributed by atoms with Crippen molar-refractivity contribution in [2.75, 3.05) is 20.3 Å². The molecule has 1 unspecified atom stereocenters. The maximum Gasteiger partial charge on any atom is 0.163 e. The van der Waals surface area contributed by atoms with Gasteiger partial charge in [0.2, 0.25) is 0 Å². The van der Waals surface area contributed by atoms with E-state index >= 15 is 0 Å². The number of nitrogens with zero attached hydrogens (tertiary/aromatic N) is 2. The average Bonchev–Trinajstić information content (AvgIpc) is 2.57. The summed E-state index contributed by atoms with van der Waals surface area (Å²) in [7, 11) is 1.57. The molecule has 0 spiro atoms. The van der Waals surface area contributed by atoms with Crippen LogP contribution in [-0.4, -0.2) is 30.0 Å². The van der Waals surface area contributed by atoms with Crippen molar-refractivity contribution in [3.63, 3.8) is 0 Å². The number of methoxy groups -OCH3 is 1. The van der Waals surface area contributed by atoms with E-state index in [2.05, 4.69) is 5.10 Å². The molecule has 86 valence electrons. The maximum absolute atomic E-state index is 14.0. The SMILES string of the molecule is COCCn1ncc(Cl)c1C(C)(F)CN. The van der Waals surface area contributed by atoms with Crippen LogP contribution in [0.2, 0.25) is 5.02 Å². The predicted molar refractivity (Wildman–Crippen MR) is 56.6 cm³/mol. The third kappa shape index (κ3) is 2.68. The topological polar surface area (TPSA) is 53.1 Å². The van der Waals surface area contributed by atoms with Crippen LogP contribution in [0.25, 0.3) is 0 Å². The van der Waals surface area contributed by atoms with Crippen molar-refractivity contribution >= 4 is 11.6 Å². The zero-order valence-corrected chi connectivity index (χ0v) is 9.59. The van der Waals surface area contributed by atoms with Gasteiger partial charge in [-0.25, -0.2) is 4.39 Å². The lowest BCUT2D eigenvalue weighted by Crippen LogP contribution is -2.30. The van der Waals surface area contributed by atoms with Gasteiger partial charge >= 0.3 is 0 Å². The first kappa shape index (κ1) is 12.4. The molecule has 4 nitrogen and oxygen atoms in total. The van der Waals surface area contributed by atoms with E-state index in [1.807, 2.05) is 0 Å². The van der Waals surface area contributed by atoms with Gasteiger partial charge < -0.3 is 10.5 Å². The van der Waals surface area contributed by atoms with Crippen molar-refractivity contribution in [3.05, 3.63) is 16.9 Å². The fourth-order valence-corrected chi connectivity index (χ4v) is 1.66. The van der Waals surface area contributed by atoms with Crippen molar-refractivity contribution in [2.24, 2.45) is 5.73 Å². The van der Waals surface area contributed by atoms with Gasteiger partial charge in [0.15, 0.2) is 5.67 Å². The molecule has 0 bridgehead atoms. The van der Waals surface area contributed by atoms with E-state index in [1.165, 1.54) is 17.8 Å². The van der Waals surface area contributed by atoms with Crippen LogP contribution < -0.4 is 5.73 Å². The summed E-state index contributed by atoms with van der Waals surface area (Å²) >= 11 is 5.87. The van der Waals surface area contributed by atoms with Crippen LogP contribution in [0.5, 0.6) is 0 Å². The van der Waals surface area contributed by atoms with Crippen LogP contribution in [-0.2, 0) is 17.0 Å². The summed E-state index contributed by atoms with van der Waals surface area (Å²) in [6.07, 6.45) is 1.42. The van der Waals surface area contributed by atoms with Gasteiger partial charge in [-0.1, -0.05) is 11.6 Å². The molecule has 1 atom stereocenters. The summed E-state index contributed by atoms with van der Waals surface area (Å²) in [5.74, 6) is 0. The first-order chi connectivity index (χ1) is 7.03. The fourth-order valence-electron chi connectivity index (χ4n) is 1.32. The molecule has 0 aromatic carbocycles. The van der Waals surface area contributed by atoms with Gasteiger partial charge in [0, 0.05) is 13.7 Å². The maximum atomic E-state index is 14.0. The third-order valence-electron chi connectivity index (χ3n) is 2.18. The zero-order chi connectivity index (χ0) is 11.5. The Labute approximate surface area is 93.2 Å². The predicted octanol–water partition coefficient (Wildman–Crippen LogP) is 1.33. The third-order valence-corrected chi connectivity index (χ3v) is 2.46. The molecular formula is C9H15ClFN3O. The van der Waals surface area contributed by atoms with E-state index in [9.17, 15) is 4.39 Å². The number of alkyl halides is 1. The highest BCUT2D eigenvalue weighted by Crippen LogP contribution is 2.30. The molecule has 0 fully saturated rings. The summed E-state index contributed by atoms with van der Waals surface area (Å²) in [6, 6.07) is 0. The first-order valence-electron chi connectivity index (χ1n) is 4.62. The Morgan fingerprint density at radius 3 is 2.93 bits per heavy atom. The Balaban J connectivity index is 2.98. The molecule has 2 N–H and O–H groups in total. The molecule has 6 heteroatoms. The number of halogens is 2. The van der Waals surface area contributed by atoms with Crippen LogP contribution >= 0.6 is 11.6 Å². The fraction of sp³-hybridized carbons (Fsp3) is 0.667. The molecule has 0 aliphatic rings. The van der Waals surface area contributed by atoms with Gasteiger partial charge in [-0.3, -0.25) is 4.68 Å². The molecule has 1 heterocycles. The lowest BCUT2D eigenvalue weighted by molar-refractivity contribution is 0.161. The molecule has 1 aromatic rings. The van der Waals surface area contributed by atoms with Crippen LogP contribution in [0, 0.1) is 0 Å². The molecule has 0 saturated carbocycles. The average molecular weight is 236 g/mol. The van der Waals surface area contributed by atoms with E-state index in [4.69, 9.17) is 22.1 Å². The summed E-state index contributed by atoms with van der Waals surface area (Å²) in [5, 5.41) is 4.27. The Morgan fingerprint density at radius 1 is 1.73 bits per heavy atom. The quantitative estimate of drug-likeness (QED) is 0.838. The highest BCUT2D eigenvalue weighted by molar-refractivity contribution is 6.31. The van der Waals surface area contributed by atoms with Crippen LogP contribution in [0.15, 0.2) is 6.20 Å². The smallest absolute Gasteiger partial charge is 0.163 e. The van der Waals surface area contributed by atoms with Crippen molar-refractivity contribution in [1.29, 1.82) is 0 Å². The summed E-state index contributed by atoms with van der Waals surface area (Å²) in [6.45, 7) is 2.16. The molecular weight excluding hydrogens is 221 g/mol. The van der Waals surface area contributed by atoms with Gasteiger partial charge in [0.1, 0.15) is 0 Å². The minimum atomic E-state index is -1.67. The van der Waals surface area contributed by atoms with Gasteiger partial charge in [-0.2, -0.15) is 5.10 Å². The number of hydrogen-bond acceptors (Lipinski definition) is 3. The van der Waals surface area contributed by atoms with Gasteiger partial charge in [0.25, 0.3) is 0 Å². The van der Waals surface area contributed by atoms with Crippen molar-refractivity contribution in [1.82, 2.24) is 9.78 Å². The molecule has 0 aliphatic carbocycles. The zero-order valence-electron chi connectivity index (χ0n) is 8.83. The summed E-state index contributed by atoms with van der Waals surface area (Å²) < 4.78 is 20.4. The van der Waals surface area contributed by atoms with Crippen LogP contribution in [0.4, 0.5) is 4.39 Å². The van der Waals surface area contributed by atoms with Crippen LogP contribution in [0.1, 0.15) is 12.6 Å². The number of ether oxygens (including phenoxy) is 1. The monoisotopic (exact) mass is 235 g/mol. The molecule has 1 rings (SSSR count). The minimum absolute atomic E-state index is 0.134. The van der Waals surface area contributed by atoms with E-state index in [0.717, 1.165) is 0 Å². The molecule has 0 saturated heterocycles. The standard InChI is InChI=1S/C9H15ClFN3O/c1-9(11,6-12)8-7(10)5-13-14(8)3-4-15-2/h5H,3-4,6,12H2,1-2H3. The number of hydrogen-bond donors (Lipinski definition) is 1. The van der Waals surface area contributed by atoms with Crippen molar-refractivity contribution in [2.45, 2.75) is 19.1 Å². The molecule has 0 radical (unpaired) electrons. The second-order valence-corrected chi connectivity index (χ2v) is 3.87. The Morgan fingerprint density at radius 2 is 2.40 bits per heavy atom. The second kappa shape index (κ2) is 4.92. The molecule has 1 aromatic heterocycles. The molecule has 0 aliphatic heterocycles. The lowest BCUT2D eigenvalue weighted by Gasteiger charge is -2.20. The number of aromatic nitrogens is 2. The van der Waals surface area contributed by atoms with Gasteiger partial charge in [0.05, 0.1) is 30.1 Å². The lowest BCUT2D eigenvalue weighted by atomic mass is 10.1. The van der Waals surface area contributed by atoms with Crippen LogP contribution in [0.3, 0.4) is 0 Å². The van der Waals surface area contributed by atoms with Crippen molar-refractivity contribution < 1.29 is 9.13 Å². The molecule has 15 heavy (non-hydrogen) atoms. The van der Waals surface area contributed by atoms with Gasteiger partial charge in [-0.15, -0.1) is 0 Å². The highest BCUT2D eigenvalue weighted by atomic mass is 35.5. The largest absolute Gasteiger partial charge is 0.383 e. The van der Waals surface area contributed by atoms with E-state index in [1.54, 1.807) is 7.11 Å². The Hall–Kier alpha value is -0.650. The van der Waals surface area contributed by atoms with E-state index < -0.39 is 5.67 Å². The van der Waals surface area contributed by atoms with E-state index in [0.29, 0.717) is 23.9 Å². The molecule has 0 amide bonds. The van der Waals surface area contributed by atoms with Gasteiger partial charge in [-0.05, 0) is 6.92 Å².